The quantitative estimate of drug-likeness (QED) is 0.586. The smallest absolute Gasteiger partial charge is 0.0769 e. The van der Waals surface area contributed by atoms with Crippen molar-refractivity contribution < 1.29 is 5.11 Å². The molecule has 0 fully saturated rings. The van der Waals surface area contributed by atoms with Crippen LogP contribution in [0.15, 0.2) is 36.9 Å². The van der Waals surface area contributed by atoms with Gasteiger partial charge in [0, 0.05) is 18.9 Å². The maximum absolute atomic E-state index is 8.34. The normalized spacial score (nSPS) is 17.0. The summed E-state index contributed by atoms with van der Waals surface area (Å²) in [5.74, 6) is 0. The molecule has 0 aromatic heterocycles. The van der Waals surface area contributed by atoms with Crippen molar-refractivity contribution >= 4 is 0 Å². The fourth-order valence-corrected chi connectivity index (χ4v) is 0.811. The Balaban J connectivity index is 2.33. The molecule has 1 aliphatic rings. The van der Waals surface area contributed by atoms with Crippen molar-refractivity contribution in [2.75, 3.05) is 6.54 Å². The molecule has 0 amide bonds. The molecule has 54 valence electrons. The van der Waals surface area contributed by atoms with Crippen LogP contribution in [0.25, 0.3) is 0 Å². The molecule has 0 aromatic rings. The lowest BCUT2D eigenvalue weighted by molar-refractivity contribution is 0.463. The first kappa shape index (κ1) is 6.93. The Labute approximate surface area is 60.8 Å². The number of hydrogen-bond donors (Lipinski definition) is 1. The molecule has 0 aromatic carbocycles. The third-order valence-corrected chi connectivity index (χ3v) is 1.29. The van der Waals surface area contributed by atoms with E-state index in [1.807, 2.05) is 17.3 Å². The summed E-state index contributed by atoms with van der Waals surface area (Å²) in [5, 5.41) is 8.34. The third-order valence-electron chi connectivity index (χ3n) is 1.29. The van der Waals surface area contributed by atoms with E-state index in [1.165, 1.54) is 0 Å². The van der Waals surface area contributed by atoms with E-state index in [2.05, 4.69) is 12.2 Å². The highest BCUT2D eigenvalue weighted by molar-refractivity contribution is 5.03. The molecular formula is C8H11NO. The Hall–Kier alpha value is -1.18. The molecule has 0 radical (unpaired) electrons. The molecule has 0 saturated carbocycles. The van der Waals surface area contributed by atoms with Gasteiger partial charge in [0.05, 0.1) is 6.26 Å². The molecule has 1 N–H and O–H groups in total. The molecule has 0 atom stereocenters. The number of aliphatic hydroxyl groups excluding tert-OH is 1. The molecule has 0 bridgehead atoms. The maximum Gasteiger partial charge on any atom is 0.0769 e. The van der Waals surface area contributed by atoms with Crippen molar-refractivity contribution in [1.29, 1.82) is 0 Å². The van der Waals surface area contributed by atoms with Crippen LogP contribution in [0.5, 0.6) is 0 Å². The van der Waals surface area contributed by atoms with Crippen LogP contribution in [0, 0.1) is 0 Å². The summed E-state index contributed by atoms with van der Waals surface area (Å²) in [6, 6.07) is 0. The van der Waals surface area contributed by atoms with Gasteiger partial charge in [-0.15, -0.1) is 0 Å². The molecule has 0 spiro atoms. The van der Waals surface area contributed by atoms with Gasteiger partial charge in [-0.1, -0.05) is 12.2 Å². The van der Waals surface area contributed by atoms with Gasteiger partial charge < -0.3 is 10.0 Å². The number of rotatable bonds is 2. The van der Waals surface area contributed by atoms with Crippen LogP contribution in [0.4, 0.5) is 0 Å². The van der Waals surface area contributed by atoms with Crippen LogP contribution in [0.3, 0.4) is 0 Å². The molecule has 1 aliphatic heterocycles. The van der Waals surface area contributed by atoms with E-state index in [-0.39, 0.29) is 0 Å². The highest BCUT2D eigenvalue weighted by atomic mass is 16.2. The first-order chi connectivity index (χ1) is 4.93. The molecule has 10 heavy (non-hydrogen) atoms. The van der Waals surface area contributed by atoms with Crippen LogP contribution in [0.1, 0.15) is 6.42 Å². The van der Waals surface area contributed by atoms with E-state index in [9.17, 15) is 0 Å². The second kappa shape index (κ2) is 3.77. The molecule has 1 heterocycles. The van der Waals surface area contributed by atoms with Gasteiger partial charge in [0.15, 0.2) is 0 Å². The summed E-state index contributed by atoms with van der Waals surface area (Å²) >= 11 is 0. The first-order valence-electron chi connectivity index (χ1n) is 3.32. The van der Waals surface area contributed by atoms with E-state index in [0.29, 0.717) is 0 Å². The Morgan fingerprint density at radius 3 is 2.70 bits per heavy atom. The zero-order valence-electron chi connectivity index (χ0n) is 5.77. The molecule has 0 unspecified atom stereocenters. The Morgan fingerprint density at radius 1 is 1.40 bits per heavy atom. The topological polar surface area (TPSA) is 23.5 Å². The third kappa shape index (κ3) is 1.97. The predicted octanol–water partition coefficient (Wildman–Crippen LogP) is 1.79. The molecular weight excluding hydrogens is 126 g/mol. The van der Waals surface area contributed by atoms with Gasteiger partial charge in [-0.2, -0.15) is 0 Å². The van der Waals surface area contributed by atoms with Crippen molar-refractivity contribution in [2.24, 2.45) is 0 Å². The Bertz CT molecular complexity index is 158. The van der Waals surface area contributed by atoms with Crippen molar-refractivity contribution in [3.8, 4) is 0 Å². The molecule has 2 heteroatoms. The van der Waals surface area contributed by atoms with Gasteiger partial charge in [0.1, 0.15) is 0 Å². The van der Waals surface area contributed by atoms with E-state index < -0.39 is 0 Å². The monoisotopic (exact) mass is 137 g/mol. The summed E-state index contributed by atoms with van der Waals surface area (Å²) in [7, 11) is 0. The lowest BCUT2D eigenvalue weighted by Gasteiger charge is -2.14. The minimum atomic E-state index is 0.740. The SMILES string of the molecule is OC=CCN1C=CCC=C1. The van der Waals surface area contributed by atoms with E-state index >= 15 is 0 Å². The van der Waals surface area contributed by atoms with Crippen molar-refractivity contribution in [1.82, 2.24) is 4.90 Å². The maximum atomic E-state index is 8.34. The van der Waals surface area contributed by atoms with Gasteiger partial charge in [-0.05, 0) is 12.5 Å². The minimum absolute atomic E-state index is 0.740. The number of allylic oxidation sites excluding steroid dienone is 2. The average Bonchev–Trinajstić information content (AvgIpc) is 2.03. The standard InChI is InChI=1S/C8H11NO/c10-8-4-7-9-5-2-1-3-6-9/h2-6,8,10H,1,7H2. The minimum Gasteiger partial charge on any atom is -0.516 e. The van der Waals surface area contributed by atoms with E-state index in [0.717, 1.165) is 19.2 Å². The summed E-state index contributed by atoms with van der Waals surface area (Å²) in [4.78, 5) is 2.00. The Kier molecular flexibility index (Phi) is 2.62. The van der Waals surface area contributed by atoms with Crippen molar-refractivity contribution in [3.63, 3.8) is 0 Å². The van der Waals surface area contributed by atoms with Gasteiger partial charge in [0.2, 0.25) is 0 Å². The molecule has 2 nitrogen and oxygen atoms in total. The van der Waals surface area contributed by atoms with Crippen LogP contribution in [0.2, 0.25) is 0 Å². The number of aliphatic hydroxyl groups is 1. The molecule has 1 rings (SSSR count). The van der Waals surface area contributed by atoms with Crippen LogP contribution < -0.4 is 0 Å². The second-order valence-corrected chi connectivity index (χ2v) is 2.09. The van der Waals surface area contributed by atoms with Gasteiger partial charge in [-0.25, -0.2) is 0 Å². The van der Waals surface area contributed by atoms with Gasteiger partial charge >= 0.3 is 0 Å². The number of hydrogen-bond acceptors (Lipinski definition) is 2. The van der Waals surface area contributed by atoms with Crippen LogP contribution >= 0.6 is 0 Å². The van der Waals surface area contributed by atoms with Crippen LogP contribution in [-0.2, 0) is 0 Å². The van der Waals surface area contributed by atoms with Crippen molar-refractivity contribution in [3.05, 3.63) is 36.9 Å². The first-order valence-corrected chi connectivity index (χ1v) is 3.32. The van der Waals surface area contributed by atoms with Gasteiger partial charge in [0.25, 0.3) is 0 Å². The van der Waals surface area contributed by atoms with Gasteiger partial charge in [-0.3, -0.25) is 0 Å². The molecule has 0 aliphatic carbocycles. The summed E-state index contributed by atoms with van der Waals surface area (Å²) in [5.41, 5.74) is 0. The highest BCUT2D eigenvalue weighted by Gasteiger charge is 1.92. The van der Waals surface area contributed by atoms with E-state index in [4.69, 9.17) is 5.11 Å². The molecule has 0 saturated heterocycles. The zero-order valence-corrected chi connectivity index (χ0v) is 5.77. The summed E-state index contributed by atoms with van der Waals surface area (Å²) < 4.78 is 0. The zero-order chi connectivity index (χ0) is 7.23. The van der Waals surface area contributed by atoms with E-state index in [1.54, 1.807) is 6.08 Å². The summed E-state index contributed by atoms with van der Waals surface area (Å²) in [6.45, 7) is 0.740. The largest absolute Gasteiger partial charge is 0.516 e. The second-order valence-electron chi connectivity index (χ2n) is 2.09. The fourth-order valence-electron chi connectivity index (χ4n) is 0.811. The predicted molar refractivity (Wildman–Crippen MR) is 41.4 cm³/mol. The lowest BCUT2D eigenvalue weighted by atomic mass is 10.3. The summed E-state index contributed by atoms with van der Waals surface area (Å²) in [6.07, 6.45) is 11.9. The average molecular weight is 137 g/mol. The van der Waals surface area contributed by atoms with Crippen molar-refractivity contribution in [2.45, 2.75) is 6.42 Å². The van der Waals surface area contributed by atoms with Crippen LogP contribution in [-0.4, -0.2) is 16.6 Å². The Morgan fingerprint density at radius 2 is 2.10 bits per heavy atom. The fraction of sp³-hybridized carbons (Fsp3) is 0.250. The number of nitrogens with zero attached hydrogens (tertiary/aromatic N) is 1. The highest BCUT2D eigenvalue weighted by Crippen LogP contribution is 2.01. The lowest BCUT2D eigenvalue weighted by Crippen LogP contribution is -2.10.